The number of methoxy groups -OCH3 is 1. The van der Waals surface area contributed by atoms with E-state index >= 15 is 0 Å². The number of ether oxygens (including phenoxy) is 2. The molecule has 0 saturated heterocycles. The van der Waals surface area contributed by atoms with E-state index < -0.39 is 10.8 Å². The zero-order valence-electron chi connectivity index (χ0n) is 15.3. The van der Waals surface area contributed by atoms with Crippen LogP contribution in [0.4, 0.5) is 11.4 Å². The van der Waals surface area contributed by atoms with Crippen LogP contribution in [0.15, 0.2) is 54.7 Å². The molecule has 1 aromatic heterocycles. The summed E-state index contributed by atoms with van der Waals surface area (Å²) in [5.41, 5.74) is 1.06. The number of benzene rings is 2. The third-order valence-electron chi connectivity index (χ3n) is 3.82. The first-order valence-corrected chi connectivity index (χ1v) is 8.33. The molecule has 9 nitrogen and oxygen atoms in total. The molecule has 0 radical (unpaired) electrons. The molecule has 144 valence electrons. The van der Waals surface area contributed by atoms with Crippen LogP contribution in [-0.4, -0.2) is 27.7 Å². The standard InChI is InChI=1S/C19H18N4O5/c1-13-5-3-4-6-18(13)28-16-10-14(9-15(11-16)23(25)26)20-19(24)17-7-8-22(21-17)12-27-2/h3-11H,12H2,1-2H3,(H,20,24). The van der Waals surface area contributed by atoms with Crippen molar-refractivity contribution >= 4 is 17.3 Å². The van der Waals surface area contributed by atoms with E-state index in [0.29, 0.717) is 5.75 Å². The van der Waals surface area contributed by atoms with Crippen LogP contribution < -0.4 is 10.1 Å². The molecule has 0 aliphatic carbocycles. The van der Waals surface area contributed by atoms with Crippen molar-refractivity contribution in [3.05, 3.63) is 76.1 Å². The van der Waals surface area contributed by atoms with Gasteiger partial charge in [-0.15, -0.1) is 0 Å². The van der Waals surface area contributed by atoms with Crippen molar-refractivity contribution in [3.8, 4) is 11.5 Å². The molecule has 0 saturated carbocycles. The summed E-state index contributed by atoms with van der Waals surface area (Å²) < 4.78 is 12.2. The van der Waals surface area contributed by atoms with E-state index in [1.54, 1.807) is 18.3 Å². The number of anilines is 1. The van der Waals surface area contributed by atoms with Crippen LogP contribution in [0.5, 0.6) is 11.5 Å². The lowest BCUT2D eigenvalue weighted by atomic mass is 10.2. The summed E-state index contributed by atoms with van der Waals surface area (Å²) in [7, 11) is 1.51. The maximum absolute atomic E-state index is 12.4. The quantitative estimate of drug-likeness (QED) is 0.492. The average Bonchev–Trinajstić information content (AvgIpc) is 3.12. The Bertz CT molecular complexity index is 1020. The first-order chi connectivity index (χ1) is 13.5. The average molecular weight is 382 g/mol. The van der Waals surface area contributed by atoms with Crippen LogP contribution in [0.25, 0.3) is 0 Å². The van der Waals surface area contributed by atoms with Gasteiger partial charge in [0.25, 0.3) is 11.6 Å². The van der Waals surface area contributed by atoms with Gasteiger partial charge in [0.2, 0.25) is 0 Å². The van der Waals surface area contributed by atoms with Crippen molar-refractivity contribution in [2.75, 3.05) is 12.4 Å². The number of carbonyl (C=O) groups excluding carboxylic acids is 1. The largest absolute Gasteiger partial charge is 0.457 e. The predicted octanol–water partition coefficient (Wildman–Crippen LogP) is 3.75. The summed E-state index contributed by atoms with van der Waals surface area (Å²) >= 11 is 0. The second-order valence-electron chi connectivity index (χ2n) is 5.95. The second kappa shape index (κ2) is 8.31. The molecule has 9 heteroatoms. The highest BCUT2D eigenvalue weighted by Crippen LogP contribution is 2.31. The Morgan fingerprint density at radius 1 is 1.25 bits per heavy atom. The van der Waals surface area contributed by atoms with Crippen LogP contribution in [0.1, 0.15) is 16.1 Å². The smallest absolute Gasteiger partial charge is 0.276 e. The van der Waals surface area contributed by atoms with Gasteiger partial charge in [0, 0.05) is 25.4 Å². The van der Waals surface area contributed by atoms with E-state index in [1.807, 2.05) is 19.1 Å². The molecule has 0 atom stereocenters. The third kappa shape index (κ3) is 4.51. The van der Waals surface area contributed by atoms with Gasteiger partial charge in [-0.25, -0.2) is 4.68 Å². The Morgan fingerprint density at radius 2 is 2.04 bits per heavy atom. The van der Waals surface area contributed by atoms with Crippen LogP contribution >= 0.6 is 0 Å². The second-order valence-corrected chi connectivity index (χ2v) is 5.95. The van der Waals surface area contributed by atoms with Crippen molar-refractivity contribution in [3.63, 3.8) is 0 Å². The van der Waals surface area contributed by atoms with Gasteiger partial charge in [-0.3, -0.25) is 14.9 Å². The number of aromatic nitrogens is 2. The van der Waals surface area contributed by atoms with E-state index in [-0.39, 0.29) is 29.5 Å². The molecule has 2 aromatic carbocycles. The molecular weight excluding hydrogens is 364 g/mol. The van der Waals surface area contributed by atoms with E-state index in [0.717, 1.165) is 5.56 Å². The summed E-state index contributed by atoms with van der Waals surface area (Å²) in [5.74, 6) is 0.305. The third-order valence-corrected chi connectivity index (χ3v) is 3.82. The topological polar surface area (TPSA) is 109 Å². The number of nitrogens with zero attached hydrogens (tertiary/aromatic N) is 3. The van der Waals surface area contributed by atoms with Crippen molar-refractivity contribution in [1.29, 1.82) is 0 Å². The van der Waals surface area contributed by atoms with Gasteiger partial charge in [-0.2, -0.15) is 5.10 Å². The molecule has 1 heterocycles. The number of nitrogens with one attached hydrogen (secondary N) is 1. The van der Waals surface area contributed by atoms with Crippen molar-refractivity contribution in [2.24, 2.45) is 0 Å². The zero-order chi connectivity index (χ0) is 20.1. The summed E-state index contributed by atoms with van der Waals surface area (Å²) in [5, 5.41) is 17.9. The number of non-ortho nitro benzene ring substituents is 1. The Balaban J connectivity index is 1.85. The minimum Gasteiger partial charge on any atom is -0.457 e. The predicted molar refractivity (Wildman–Crippen MR) is 102 cm³/mol. The fraction of sp³-hybridized carbons (Fsp3) is 0.158. The highest BCUT2D eigenvalue weighted by atomic mass is 16.6. The Morgan fingerprint density at radius 3 is 2.75 bits per heavy atom. The summed E-state index contributed by atoms with van der Waals surface area (Å²) in [6, 6.07) is 12.9. The number of para-hydroxylation sites is 1. The minimum atomic E-state index is -0.548. The molecule has 0 bridgehead atoms. The molecule has 0 unspecified atom stereocenters. The van der Waals surface area contributed by atoms with Crippen molar-refractivity contribution < 1.29 is 19.2 Å². The number of hydrogen-bond acceptors (Lipinski definition) is 6. The molecule has 28 heavy (non-hydrogen) atoms. The number of carbonyl (C=O) groups is 1. The molecule has 3 aromatic rings. The molecular formula is C19H18N4O5. The molecule has 3 rings (SSSR count). The van der Waals surface area contributed by atoms with Gasteiger partial charge >= 0.3 is 0 Å². The van der Waals surface area contributed by atoms with Gasteiger partial charge in [-0.05, 0) is 24.6 Å². The first kappa shape index (κ1) is 19.1. The number of amides is 1. The highest BCUT2D eigenvalue weighted by molar-refractivity contribution is 6.03. The van der Waals surface area contributed by atoms with Crippen molar-refractivity contribution in [1.82, 2.24) is 9.78 Å². The Labute approximate surface area is 160 Å². The molecule has 0 aliphatic heterocycles. The fourth-order valence-corrected chi connectivity index (χ4v) is 2.50. The van der Waals surface area contributed by atoms with Crippen LogP contribution in [-0.2, 0) is 11.5 Å². The van der Waals surface area contributed by atoms with Crippen molar-refractivity contribution in [2.45, 2.75) is 13.7 Å². The van der Waals surface area contributed by atoms with E-state index in [9.17, 15) is 14.9 Å². The monoisotopic (exact) mass is 382 g/mol. The lowest BCUT2D eigenvalue weighted by Gasteiger charge is -2.10. The lowest BCUT2D eigenvalue weighted by molar-refractivity contribution is -0.384. The van der Waals surface area contributed by atoms with Gasteiger partial charge in [0.1, 0.15) is 18.2 Å². The zero-order valence-corrected chi connectivity index (χ0v) is 15.3. The highest BCUT2D eigenvalue weighted by Gasteiger charge is 2.15. The van der Waals surface area contributed by atoms with E-state index in [4.69, 9.17) is 9.47 Å². The normalized spacial score (nSPS) is 10.5. The number of rotatable bonds is 7. The molecule has 0 fully saturated rings. The summed E-state index contributed by atoms with van der Waals surface area (Å²) in [6.45, 7) is 2.07. The Kier molecular flexibility index (Phi) is 5.66. The minimum absolute atomic E-state index is 0.157. The maximum Gasteiger partial charge on any atom is 0.276 e. The van der Waals surface area contributed by atoms with Crippen LogP contribution in [0.3, 0.4) is 0 Å². The first-order valence-electron chi connectivity index (χ1n) is 8.33. The number of nitro groups is 1. The molecule has 1 N–H and O–H groups in total. The number of nitro benzene ring substituents is 1. The number of hydrogen-bond donors (Lipinski definition) is 1. The van der Waals surface area contributed by atoms with E-state index in [1.165, 1.54) is 36.1 Å². The lowest BCUT2D eigenvalue weighted by Crippen LogP contribution is -2.14. The molecule has 0 aliphatic rings. The molecule has 0 spiro atoms. The van der Waals surface area contributed by atoms with Gasteiger partial charge in [0.15, 0.2) is 5.69 Å². The van der Waals surface area contributed by atoms with Gasteiger partial charge < -0.3 is 14.8 Å². The maximum atomic E-state index is 12.4. The summed E-state index contributed by atoms with van der Waals surface area (Å²) in [4.78, 5) is 23.1. The van der Waals surface area contributed by atoms with Gasteiger partial charge in [-0.1, -0.05) is 18.2 Å². The SMILES string of the molecule is COCn1ccc(C(=O)Nc2cc(Oc3ccccc3C)cc([N+](=O)[O-])c2)n1. The molecule has 1 amide bonds. The van der Waals surface area contributed by atoms with Gasteiger partial charge in [0.05, 0.1) is 16.7 Å². The number of aryl methyl sites for hydroxylation is 1. The summed E-state index contributed by atoms with van der Waals surface area (Å²) in [6.07, 6.45) is 1.60. The van der Waals surface area contributed by atoms with Crippen LogP contribution in [0, 0.1) is 17.0 Å². The van der Waals surface area contributed by atoms with E-state index in [2.05, 4.69) is 10.4 Å². The Hall–Kier alpha value is -3.72. The fourth-order valence-electron chi connectivity index (χ4n) is 2.50. The van der Waals surface area contributed by atoms with Crippen LogP contribution in [0.2, 0.25) is 0 Å².